The molecule has 0 unspecified atom stereocenters. The summed E-state index contributed by atoms with van der Waals surface area (Å²) in [5.74, 6) is -0.145. The topological polar surface area (TPSA) is 103 Å². The summed E-state index contributed by atoms with van der Waals surface area (Å²) in [6, 6.07) is 4.18. The first-order valence-corrected chi connectivity index (χ1v) is 12.1. The average Bonchev–Trinajstić information content (AvgIpc) is 3.17. The molecule has 0 bridgehead atoms. The molecule has 1 amide bonds. The predicted molar refractivity (Wildman–Crippen MR) is 130 cm³/mol. The van der Waals surface area contributed by atoms with Crippen LogP contribution < -0.4 is 10.1 Å². The Morgan fingerprint density at radius 2 is 2.09 bits per heavy atom. The highest BCUT2D eigenvalue weighted by molar-refractivity contribution is 7.20. The summed E-state index contributed by atoms with van der Waals surface area (Å²) < 4.78 is 30.5. The molecule has 0 radical (unpaired) electrons. The van der Waals surface area contributed by atoms with Gasteiger partial charge in [0.1, 0.15) is 39.5 Å². The van der Waals surface area contributed by atoms with Gasteiger partial charge in [-0.2, -0.15) is 0 Å². The van der Waals surface area contributed by atoms with Gasteiger partial charge in [0.15, 0.2) is 0 Å². The third-order valence-corrected chi connectivity index (χ3v) is 6.74. The number of amides is 1. The molecule has 0 saturated carbocycles. The number of esters is 1. The highest BCUT2D eigenvalue weighted by Crippen LogP contribution is 2.37. The van der Waals surface area contributed by atoms with E-state index < -0.39 is 11.8 Å². The molecular formula is C24H27FN4O5S. The van der Waals surface area contributed by atoms with Crippen LogP contribution in [0.2, 0.25) is 0 Å². The molecule has 1 aliphatic heterocycles. The fourth-order valence-electron chi connectivity index (χ4n) is 3.93. The third-order valence-electron chi connectivity index (χ3n) is 5.56. The second-order valence-electron chi connectivity index (χ2n) is 8.48. The van der Waals surface area contributed by atoms with Crippen LogP contribution in [0.4, 0.5) is 20.7 Å². The van der Waals surface area contributed by atoms with Crippen molar-refractivity contribution in [2.45, 2.75) is 45.8 Å². The maximum Gasteiger partial charge on any atom is 0.410 e. The summed E-state index contributed by atoms with van der Waals surface area (Å²) in [6.45, 7) is 6.32. The first kappa shape index (κ1) is 24.6. The molecule has 186 valence electrons. The van der Waals surface area contributed by atoms with E-state index in [1.807, 2.05) is 0 Å². The Kier molecular flexibility index (Phi) is 7.34. The first-order chi connectivity index (χ1) is 16.8. The third kappa shape index (κ3) is 5.45. The zero-order valence-electron chi connectivity index (χ0n) is 20.0. The number of fused-ring (bicyclic) bond motifs is 1. The SMILES string of the molecule is COC(=O)c1sc2ncnc(Nc3ccc(F)cc3O[C@H]3CCCN(C(=O)OC(C)C)C3)c2c1C. The maximum atomic E-state index is 14.2. The normalized spacial score (nSPS) is 15.8. The van der Waals surface area contributed by atoms with E-state index in [2.05, 4.69) is 15.3 Å². The number of methoxy groups -OCH3 is 1. The molecule has 3 heterocycles. The lowest BCUT2D eigenvalue weighted by molar-refractivity contribution is 0.0441. The molecule has 4 rings (SSSR count). The van der Waals surface area contributed by atoms with Crippen LogP contribution >= 0.6 is 11.3 Å². The van der Waals surface area contributed by atoms with Gasteiger partial charge in [-0.25, -0.2) is 23.9 Å². The van der Waals surface area contributed by atoms with E-state index >= 15 is 0 Å². The molecule has 1 N–H and O–H groups in total. The first-order valence-electron chi connectivity index (χ1n) is 11.3. The van der Waals surface area contributed by atoms with Crippen LogP contribution in [0.15, 0.2) is 24.5 Å². The van der Waals surface area contributed by atoms with Gasteiger partial charge in [0.25, 0.3) is 0 Å². The van der Waals surface area contributed by atoms with Crippen molar-refractivity contribution in [1.29, 1.82) is 0 Å². The number of piperidine rings is 1. The fourth-order valence-corrected chi connectivity index (χ4v) is 5.00. The molecule has 1 saturated heterocycles. The van der Waals surface area contributed by atoms with Crippen molar-refractivity contribution in [1.82, 2.24) is 14.9 Å². The van der Waals surface area contributed by atoms with Crippen LogP contribution in [0.1, 0.15) is 41.9 Å². The van der Waals surface area contributed by atoms with Crippen LogP contribution in [0.5, 0.6) is 5.75 Å². The number of ether oxygens (including phenoxy) is 3. The lowest BCUT2D eigenvalue weighted by Crippen LogP contribution is -2.45. The number of nitrogens with one attached hydrogen (secondary N) is 1. The van der Waals surface area contributed by atoms with E-state index in [9.17, 15) is 14.0 Å². The van der Waals surface area contributed by atoms with Crippen LogP contribution in [-0.4, -0.2) is 59.3 Å². The summed E-state index contributed by atoms with van der Waals surface area (Å²) in [7, 11) is 1.33. The molecule has 35 heavy (non-hydrogen) atoms. The van der Waals surface area contributed by atoms with Crippen molar-refractivity contribution in [2.24, 2.45) is 0 Å². The molecule has 1 fully saturated rings. The number of likely N-dealkylation sites (tertiary alicyclic amines) is 1. The number of hydrogen-bond acceptors (Lipinski definition) is 9. The molecule has 1 aromatic carbocycles. The Bertz CT molecular complexity index is 1250. The Hall–Kier alpha value is -3.47. The van der Waals surface area contributed by atoms with E-state index in [0.717, 1.165) is 6.42 Å². The maximum absolute atomic E-state index is 14.2. The Balaban J connectivity index is 1.59. The van der Waals surface area contributed by atoms with Crippen molar-refractivity contribution in [2.75, 3.05) is 25.5 Å². The van der Waals surface area contributed by atoms with Gasteiger partial charge >= 0.3 is 12.1 Å². The lowest BCUT2D eigenvalue weighted by Gasteiger charge is -2.33. The Morgan fingerprint density at radius 3 is 2.83 bits per heavy atom. The van der Waals surface area contributed by atoms with E-state index in [1.54, 1.807) is 31.7 Å². The van der Waals surface area contributed by atoms with Crippen molar-refractivity contribution in [3.05, 3.63) is 40.8 Å². The minimum atomic E-state index is -0.454. The molecule has 0 spiro atoms. The number of carbonyl (C=O) groups excluding carboxylic acids is 2. The van der Waals surface area contributed by atoms with Gasteiger partial charge in [-0.1, -0.05) is 0 Å². The summed E-state index contributed by atoms with van der Waals surface area (Å²) >= 11 is 1.22. The van der Waals surface area contributed by atoms with Crippen molar-refractivity contribution >= 4 is 45.1 Å². The van der Waals surface area contributed by atoms with E-state index in [1.165, 1.54) is 36.9 Å². The number of hydrogen-bond donors (Lipinski definition) is 1. The van der Waals surface area contributed by atoms with E-state index in [-0.39, 0.29) is 18.3 Å². The fraction of sp³-hybridized carbons (Fsp3) is 0.417. The van der Waals surface area contributed by atoms with Gasteiger partial charge < -0.3 is 24.4 Å². The summed E-state index contributed by atoms with van der Waals surface area (Å²) in [4.78, 5) is 35.8. The molecule has 1 aliphatic rings. The quantitative estimate of drug-likeness (QED) is 0.467. The number of benzene rings is 1. The van der Waals surface area contributed by atoms with Gasteiger partial charge in [-0.15, -0.1) is 11.3 Å². The number of halogens is 1. The monoisotopic (exact) mass is 502 g/mol. The largest absolute Gasteiger partial charge is 0.486 e. The van der Waals surface area contributed by atoms with E-state index in [0.29, 0.717) is 57.4 Å². The van der Waals surface area contributed by atoms with E-state index in [4.69, 9.17) is 14.2 Å². The number of anilines is 2. The molecule has 2 aromatic heterocycles. The lowest BCUT2D eigenvalue weighted by atomic mass is 10.1. The zero-order valence-corrected chi connectivity index (χ0v) is 20.8. The van der Waals surface area contributed by atoms with Gasteiger partial charge in [-0.3, -0.25) is 0 Å². The predicted octanol–water partition coefficient (Wildman–Crippen LogP) is 5.06. The minimum Gasteiger partial charge on any atom is -0.486 e. The number of aromatic nitrogens is 2. The van der Waals surface area contributed by atoms with Crippen LogP contribution in [0.3, 0.4) is 0 Å². The van der Waals surface area contributed by atoms with Crippen LogP contribution in [-0.2, 0) is 9.47 Å². The second kappa shape index (κ2) is 10.4. The van der Waals surface area contributed by atoms with Gasteiger partial charge in [0.05, 0.1) is 30.8 Å². The second-order valence-corrected chi connectivity index (χ2v) is 9.48. The molecule has 1 atom stereocenters. The molecule has 9 nitrogen and oxygen atoms in total. The zero-order chi connectivity index (χ0) is 25.1. The van der Waals surface area contributed by atoms with Crippen LogP contribution in [0, 0.1) is 12.7 Å². The summed E-state index contributed by atoms with van der Waals surface area (Å²) in [6.07, 6.45) is 1.92. The number of rotatable bonds is 6. The molecule has 3 aromatic rings. The smallest absolute Gasteiger partial charge is 0.410 e. The van der Waals surface area contributed by atoms with Crippen LogP contribution in [0.25, 0.3) is 10.2 Å². The number of thiophene rings is 1. The number of nitrogens with zero attached hydrogens (tertiary/aromatic N) is 3. The molecule has 0 aliphatic carbocycles. The van der Waals surface area contributed by atoms with Crippen molar-refractivity contribution < 1.29 is 28.2 Å². The van der Waals surface area contributed by atoms with Gasteiger partial charge in [0, 0.05) is 12.6 Å². The number of carbonyl (C=O) groups is 2. The van der Waals surface area contributed by atoms with Crippen molar-refractivity contribution in [3.8, 4) is 5.75 Å². The number of aryl methyl sites for hydroxylation is 1. The minimum absolute atomic E-state index is 0.215. The highest BCUT2D eigenvalue weighted by atomic mass is 32.1. The Morgan fingerprint density at radius 1 is 1.29 bits per heavy atom. The van der Waals surface area contributed by atoms with Gasteiger partial charge in [-0.05, 0) is 51.3 Å². The summed E-state index contributed by atoms with van der Waals surface area (Å²) in [5, 5.41) is 3.88. The molecular weight excluding hydrogens is 475 g/mol. The highest BCUT2D eigenvalue weighted by Gasteiger charge is 2.27. The molecule has 11 heteroatoms. The van der Waals surface area contributed by atoms with Gasteiger partial charge in [0.2, 0.25) is 0 Å². The van der Waals surface area contributed by atoms with Crippen molar-refractivity contribution in [3.63, 3.8) is 0 Å². The average molecular weight is 503 g/mol. The standard InChI is InChI=1S/C24H27FN4O5S/c1-13(2)33-24(31)29-9-5-6-16(11-29)34-18-10-15(25)7-8-17(18)28-21-19-14(3)20(23(30)32-4)35-22(19)27-12-26-21/h7-8,10,12-13,16H,5-6,9,11H2,1-4H3,(H,26,27,28)/t16-/m0/s1. The Labute approximate surface area is 206 Å². The summed E-state index contributed by atoms with van der Waals surface area (Å²) in [5.41, 5.74) is 1.19.